The maximum Gasteiger partial charge on any atom is 0.194 e. The van der Waals surface area contributed by atoms with Gasteiger partial charge in [-0.25, -0.2) is 0 Å². The van der Waals surface area contributed by atoms with Crippen LogP contribution in [0.3, 0.4) is 0 Å². The third-order valence-corrected chi connectivity index (χ3v) is 2.66. The van der Waals surface area contributed by atoms with Gasteiger partial charge in [0.25, 0.3) is 0 Å². The highest BCUT2D eigenvalue weighted by atomic mass is 16.5. The van der Waals surface area contributed by atoms with E-state index in [9.17, 15) is 4.79 Å². The van der Waals surface area contributed by atoms with Crippen LogP contribution in [0.2, 0.25) is 0 Å². The number of rotatable bonds is 4. The normalized spacial score (nSPS) is 10.7. The third kappa shape index (κ3) is 3.56. The first-order valence-corrected chi connectivity index (χ1v) is 6.15. The van der Waals surface area contributed by atoms with Crippen LogP contribution in [0.25, 0.3) is 6.08 Å². The van der Waals surface area contributed by atoms with E-state index in [1.165, 1.54) is 6.92 Å². The van der Waals surface area contributed by atoms with Gasteiger partial charge in [-0.3, -0.25) is 4.79 Å². The summed E-state index contributed by atoms with van der Waals surface area (Å²) in [6.45, 7) is 1.46. The van der Waals surface area contributed by atoms with Crippen molar-refractivity contribution in [3.8, 4) is 11.8 Å². The van der Waals surface area contributed by atoms with Crippen LogP contribution < -0.4 is 4.74 Å². The molecule has 0 bridgehead atoms. The molecule has 0 atom stereocenters. The fraction of sp³-hybridized carbons (Fsp3) is 0.0588. The summed E-state index contributed by atoms with van der Waals surface area (Å²) in [5.41, 5.74) is 1.44. The second-order valence-corrected chi connectivity index (χ2v) is 4.21. The SMILES string of the molecule is CC(=O)C(=Cc1ccccc1)Oc1ccc(C#N)cc1. The average Bonchev–Trinajstić information content (AvgIpc) is 2.48. The minimum Gasteiger partial charge on any atom is -0.454 e. The second-order valence-electron chi connectivity index (χ2n) is 4.21. The predicted molar refractivity (Wildman–Crippen MR) is 76.9 cm³/mol. The molecule has 0 radical (unpaired) electrons. The van der Waals surface area contributed by atoms with E-state index in [1.54, 1.807) is 30.3 Å². The molecule has 0 aromatic heterocycles. The molecule has 20 heavy (non-hydrogen) atoms. The Kier molecular flexibility index (Phi) is 4.31. The van der Waals surface area contributed by atoms with E-state index < -0.39 is 0 Å². The summed E-state index contributed by atoms with van der Waals surface area (Å²) >= 11 is 0. The number of hydrogen-bond donors (Lipinski definition) is 0. The molecule has 0 saturated heterocycles. The topological polar surface area (TPSA) is 50.1 Å². The summed E-state index contributed by atoms with van der Waals surface area (Å²) in [6.07, 6.45) is 1.69. The molecule has 0 aliphatic rings. The Morgan fingerprint density at radius 2 is 1.75 bits per heavy atom. The molecule has 0 N–H and O–H groups in total. The fourth-order valence-corrected chi connectivity index (χ4v) is 1.63. The van der Waals surface area contributed by atoms with Gasteiger partial charge in [-0.2, -0.15) is 5.26 Å². The number of benzene rings is 2. The van der Waals surface area contributed by atoms with Gasteiger partial charge in [0.2, 0.25) is 0 Å². The Labute approximate surface area is 117 Å². The fourth-order valence-electron chi connectivity index (χ4n) is 1.63. The molecule has 2 rings (SSSR count). The number of ether oxygens (including phenoxy) is 1. The van der Waals surface area contributed by atoms with Crippen molar-refractivity contribution in [2.45, 2.75) is 6.92 Å². The van der Waals surface area contributed by atoms with Crippen LogP contribution in [-0.4, -0.2) is 5.78 Å². The molecule has 2 aromatic carbocycles. The van der Waals surface area contributed by atoms with Gasteiger partial charge in [0.05, 0.1) is 11.6 Å². The Hall–Kier alpha value is -2.86. The van der Waals surface area contributed by atoms with E-state index in [0.29, 0.717) is 11.3 Å². The molecule has 3 nitrogen and oxygen atoms in total. The molecule has 3 heteroatoms. The summed E-state index contributed by atoms with van der Waals surface area (Å²) < 4.78 is 5.58. The average molecular weight is 263 g/mol. The number of carbonyl (C=O) groups is 1. The van der Waals surface area contributed by atoms with Gasteiger partial charge in [-0.05, 0) is 35.9 Å². The highest BCUT2D eigenvalue weighted by molar-refractivity contribution is 5.96. The van der Waals surface area contributed by atoms with E-state index in [2.05, 4.69) is 0 Å². The van der Waals surface area contributed by atoms with Gasteiger partial charge in [0, 0.05) is 6.92 Å². The Morgan fingerprint density at radius 1 is 1.10 bits per heavy atom. The van der Waals surface area contributed by atoms with Crippen molar-refractivity contribution in [3.63, 3.8) is 0 Å². The highest BCUT2D eigenvalue weighted by Crippen LogP contribution is 2.17. The van der Waals surface area contributed by atoms with Crippen molar-refractivity contribution in [1.29, 1.82) is 5.26 Å². The van der Waals surface area contributed by atoms with Crippen molar-refractivity contribution in [2.24, 2.45) is 0 Å². The molecular formula is C17H13NO2. The van der Waals surface area contributed by atoms with Gasteiger partial charge >= 0.3 is 0 Å². The standard InChI is InChI=1S/C17H13NO2/c1-13(19)17(11-14-5-3-2-4-6-14)20-16-9-7-15(12-18)8-10-16/h2-11H,1H3. The predicted octanol–water partition coefficient (Wildman–Crippen LogP) is 3.57. The molecule has 0 spiro atoms. The van der Waals surface area contributed by atoms with E-state index in [-0.39, 0.29) is 11.5 Å². The van der Waals surface area contributed by atoms with Crippen LogP contribution in [-0.2, 0) is 4.79 Å². The van der Waals surface area contributed by atoms with Crippen molar-refractivity contribution in [1.82, 2.24) is 0 Å². The van der Waals surface area contributed by atoms with Crippen LogP contribution in [0.1, 0.15) is 18.1 Å². The minimum absolute atomic E-state index is 0.154. The van der Waals surface area contributed by atoms with Crippen molar-refractivity contribution in [3.05, 3.63) is 71.5 Å². The van der Waals surface area contributed by atoms with Crippen LogP contribution >= 0.6 is 0 Å². The van der Waals surface area contributed by atoms with Crippen LogP contribution in [0.4, 0.5) is 0 Å². The van der Waals surface area contributed by atoms with Crippen LogP contribution in [0.5, 0.6) is 5.75 Å². The Morgan fingerprint density at radius 3 is 2.30 bits per heavy atom. The number of hydrogen-bond acceptors (Lipinski definition) is 3. The van der Waals surface area contributed by atoms with Gasteiger partial charge < -0.3 is 4.74 Å². The zero-order valence-corrected chi connectivity index (χ0v) is 11.0. The molecule has 98 valence electrons. The zero-order chi connectivity index (χ0) is 14.4. The molecule has 0 fully saturated rings. The summed E-state index contributed by atoms with van der Waals surface area (Å²) in [5.74, 6) is 0.639. The molecule has 2 aromatic rings. The van der Waals surface area contributed by atoms with Gasteiger partial charge in [-0.1, -0.05) is 30.3 Å². The summed E-state index contributed by atoms with van der Waals surface area (Å²) in [6, 6.07) is 18.1. The lowest BCUT2D eigenvalue weighted by molar-refractivity contribution is -0.115. The van der Waals surface area contributed by atoms with Crippen LogP contribution in [0, 0.1) is 11.3 Å². The van der Waals surface area contributed by atoms with E-state index in [4.69, 9.17) is 10.00 Å². The number of allylic oxidation sites excluding steroid dienone is 1. The van der Waals surface area contributed by atoms with Gasteiger partial charge in [0.15, 0.2) is 11.5 Å². The second kappa shape index (κ2) is 6.35. The zero-order valence-electron chi connectivity index (χ0n) is 11.0. The van der Waals surface area contributed by atoms with Gasteiger partial charge in [-0.15, -0.1) is 0 Å². The molecule has 0 unspecified atom stereocenters. The lowest BCUT2D eigenvalue weighted by Crippen LogP contribution is -2.04. The maximum absolute atomic E-state index is 11.6. The first kappa shape index (κ1) is 13.6. The molecular weight excluding hydrogens is 250 g/mol. The van der Waals surface area contributed by atoms with E-state index in [0.717, 1.165) is 5.56 Å². The van der Waals surface area contributed by atoms with Crippen molar-refractivity contribution >= 4 is 11.9 Å². The lowest BCUT2D eigenvalue weighted by atomic mass is 10.2. The smallest absolute Gasteiger partial charge is 0.194 e. The number of nitriles is 1. The van der Waals surface area contributed by atoms with E-state index >= 15 is 0 Å². The van der Waals surface area contributed by atoms with E-state index in [1.807, 2.05) is 36.4 Å². The van der Waals surface area contributed by atoms with Crippen molar-refractivity contribution in [2.75, 3.05) is 0 Å². The number of nitrogens with zero attached hydrogens (tertiary/aromatic N) is 1. The maximum atomic E-state index is 11.6. The number of Topliss-reactive ketones (excluding diaryl/α,β-unsaturated/α-hetero) is 1. The largest absolute Gasteiger partial charge is 0.454 e. The molecule has 0 amide bonds. The Bertz CT molecular complexity index is 664. The molecule has 0 saturated carbocycles. The summed E-state index contributed by atoms with van der Waals surface area (Å²) in [7, 11) is 0. The first-order chi connectivity index (χ1) is 9.69. The Balaban J connectivity index is 2.24. The quantitative estimate of drug-likeness (QED) is 0.626. The molecule has 0 aliphatic heterocycles. The molecule has 0 heterocycles. The van der Waals surface area contributed by atoms with Gasteiger partial charge in [0.1, 0.15) is 5.75 Å². The number of ketones is 1. The number of carbonyl (C=O) groups excluding carboxylic acids is 1. The third-order valence-electron chi connectivity index (χ3n) is 2.66. The minimum atomic E-state index is -0.154. The summed E-state index contributed by atoms with van der Waals surface area (Å²) in [4.78, 5) is 11.6. The molecule has 0 aliphatic carbocycles. The highest BCUT2D eigenvalue weighted by Gasteiger charge is 2.07. The summed E-state index contributed by atoms with van der Waals surface area (Å²) in [5, 5.41) is 8.74. The van der Waals surface area contributed by atoms with Crippen molar-refractivity contribution < 1.29 is 9.53 Å². The monoisotopic (exact) mass is 263 g/mol. The van der Waals surface area contributed by atoms with Crippen LogP contribution in [0.15, 0.2) is 60.4 Å². The first-order valence-electron chi connectivity index (χ1n) is 6.15. The lowest BCUT2D eigenvalue weighted by Gasteiger charge is -2.07.